The van der Waals surface area contributed by atoms with Crippen molar-refractivity contribution in [1.82, 2.24) is 20.4 Å². The summed E-state index contributed by atoms with van der Waals surface area (Å²) in [7, 11) is 0. The number of carbonyl (C=O) groups excluding carboxylic acids is 2. The van der Waals surface area contributed by atoms with Crippen LogP contribution < -0.4 is 5.32 Å². The standard InChI is InChI=1S/C20H26N4O2/c1-14(22-15(2)25)12-19(26)24-10-8-17(9-11-24)20-18(13-21-23-20)16-6-4-3-5-7-16/h3-7,13-14,17H,8-12H2,1-2H3,(H,21,23)(H,22,25)/t14-/m0/s1. The molecular formula is C20H26N4O2. The topological polar surface area (TPSA) is 78.1 Å². The number of aromatic nitrogens is 2. The Morgan fingerprint density at radius 1 is 1.27 bits per heavy atom. The summed E-state index contributed by atoms with van der Waals surface area (Å²) in [6.07, 6.45) is 4.07. The summed E-state index contributed by atoms with van der Waals surface area (Å²) in [5, 5.41) is 10.2. The maximum Gasteiger partial charge on any atom is 0.224 e. The van der Waals surface area contributed by atoms with Gasteiger partial charge in [-0.1, -0.05) is 30.3 Å². The molecule has 1 aliphatic heterocycles. The minimum absolute atomic E-state index is 0.100. The lowest BCUT2D eigenvalue weighted by Crippen LogP contribution is -2.42. The SMILES string of the molecule is CC(=O)N[C@@H](C)CC(=O)N1CCC(c2[nH]ncc2-c2ccccc2)CC1. The summed E-state index contributed by atoms with van der Waals surface area (Å²) in [6.45, 7) is 4.82. The molecule has 2 aromatic rings. The predicted molar refractivity (Wildman–Crippen MR) is 100 cm³/mol. The van der Waals surface area contributed by atoms with Crippen LogP contribution in [0.1, 0.15) is 44.7 Å². The summed E-state index contributed by atoms with van der Waals surface area (Å²) in [4.78, 5) is 25.4. The average Bonchev–Trinajstić information content (AvgIpc) is 3.11. The minimum Gasteiger partial charge on any atom is -0.353 e. The van der Waals surface area contributed by atoms with Crippen LogP contribution in [-0.2, 0) is 9.59 Å². The largest absolute Gasteiger partial charge is 0.353 e. The number of piperidine rings is 1. The van der Waals surface area contributed by atoms with Gasteiger partial charge in [-0.05, 0) is 25.3 Å². The summed E-state index contributed by atoms with van der Waals surface area (Å²) in [5.74, 6) is 0.388. The van der Waals surface area contributed by atoms with E-state index in [1.54, 1.807) is 0 Å². The van der Waals surface area contributed by atoms with E-state index < -0.39 is 0 Å². The van der Waals surface area contributed by atoms with Crippen molar-refractivity contribution in [2.45, 2.75) is 45.1 Å². The molecule has 0 aliphatic carbocycles. The number of hydrogen-bond acceptors (Lipinski definition) is 3. The lowest BCUT2D eigenvalue weighted by Gasteiger charge is -2.32. The van der Waals surface area contributed by atoms with Gasteiger partial charge in [0.2, 0.25) is 11.8 Å². The van der Waals surface area contributed by atoms with Gasteiger partial charge in [-0.2, -0.15) is 5.10 Å². The molecule has 0 unspecified atom stereocenters. The second-order valence-corrected chi connectivity index (χ2v) is 7.02. The third kappa shape index (κ3) is 4.31. The number of carbonyl (C=O) groups is 2. The van der Waals surface area contributed by atoms with Crippen LogP contribution in [0, 0.1) is 0 Å². The van der Waals surface area contributed by atoms with Crippen molar-refractivity contribution in [3.8, 4) is 11.1 Å². The van der Waals surface area contributed by atoms with Crippen molar-refractivity contribution in [3.05, 3.63) is 42.2 Å². The Kier molecular flexibility index (Phi) is 5.71. The van der Waals surface area contributed by atoms with E-state index in [1.807, 2.05) is 36.2 Å². The Labute approximate surface area is 154 Å². The summed E-state index contributed by atoms with van der Waals surface area (Å²) in [5.41, 5.74) is 3.48. The number of likely N-dealkylation sites (tertiary alicyclic amines) is 1. The number of H-pyrrole nitrogens is 1. The second kappa shape index (κ2) is 8.17. The number of amides is 2. The quantitative estimate of drug-likeness (QED) is 0.866. The molecule has 3 rings (SSSR count). The molecule has 2 amide bonds. The minimum atomic E-state index is -0.130. The Morgan fingerprint density at radius 2 is 1.96 bits per heavy atom. The van der Waals surface area contributed by atoms with Crippen LogP contribution in [0.3, 0.4) is 0 Å². The molecule has 1 fully saturated rings. The van der Waals surface area contributed by atoms with Gasteiger partial charge in [0.25, 0.3) is 0 Å². The van der Waals surface area contributed by atoms with E-state index in [0.717, 1.165) is 37.2 Å². The smallest absolute Gasteiger partial charge is 0.224 e. The zero-order valence-electron chi connectivity index (χ0n) is 15.4. The van der Waals surface area contributed by atoms with Gasteiger partial charge < -0.3 is 10.2 Å². The van der Waals surface area contributed by atoms with Crippen molar-refractivity contribution in [2.75, 3.05) is 13.1 Å². The van der Waals surface area contributed by atoms with E-state index in [0.29, 0.717) is 12.3 Å². The molecule has 2 N–H and O–H groups in total. The fourth-order valence-corrected chi connectivity index (χ4v) is 3.66. The van der Waals surface area contributed by atoms with Crippen LogP contribution >= 0.6 is 0 Å². The molecule has 1 saturated heterocycles. The first-order valence-electron chi connectivity index (χ1n) is 9.18. The lowest BCUT2D eigenvalue weighted by atomic mass is 9.89. The zero-order valence-corrected chi connectivity index (χ0v) is 15.4. The molecule has 0 bridgehead atoms. The first-order valence-corrected chi connectivity index (χ1v) is 9.18. The highest BCUT2D eigenvalue weighted by molar-refractivity contribution is 5.79. The third-order valence-corrected chi connectivity index (χ3v) is 4.94. The van der Waals surface area contributed by atoms with Gasteiger partial charge in [0.05, 0.1) is 6.20 Å². The fourth-order valence-electron chi connectivity index (χ4n) is 3.66. The number of nitrogens with zero attached hydrogens (tertiary/aromatic N) is 2. The number of hydrogen-bond donors (Lipinski definition) is 2. The number of benzene rings is 1. The third-order valence-electron chi connectivity index (χ3n) is 4.94. The Balaban J connectivity index is 1.59. The van der Waals surface area contributed by atoms with Gasteiger partial charge in [0, 0.05) is 49.7 Å². The normalized spacial score (nSPS) is 16.3. The van der Waals surface area contributed by atoms with Gasteiger partial charge in [-0.25, -0.2) is 0 Å². The first-order chi connectivity index (χ1) is 12.5. The second-order valence-electron chi connectivity index (χ2n) is 7.02. The molecule has 1 atom stereocenters. The molecule has 6 heteroatoms. The van der Waals surface area contributed by atoms with E-state index in [9.17, 15) is 9.59 Å². The van der Waals surface area contributed by atoms with E-state index in [2.05, 4.69) is 27.6 Å². The van der Waals surface area contributed by atoms with E-state index in [4.69, 9.17) is 0 Å². The van der Waals surface area contributed by atoms with Crippen LogP contribution in [0.15, 0.2) is 36.5 Å². The lowest BCUT2D eigenvalue weighted by molar-refractivity contribution is -0.132. The predicted octanol–water partition coefficient (Wildman–Crippen LogP) is 2.70. The summed E-state index contributed by atoms with van der Waals surface area (Å²) < 4.78 is 0. The van der Waals surface area contributed by atoms with Gasteiger partial charge in [-0.15, -0.1) is 0 Å². The Bertz CT molecular complexity index is 748. The van der Waals surface area contributed by atoms with Gasteiger partial charge in [0.1, 0.15) is 0 Å². The molecule has 138 valence electrons. The maximum absolute atomic E-state index is 12.4. The van der Waals surface area contributed by atoms with Crippen molar-refractivity contribution >= 4 is 11.8 Å². The van der Waals surface area contributed by atoms with Crippen LogP contribution in [0.25, 0.3) is 11.1 Å². The van der Waals surface area contributed by atoms with Crippen molar-refractivity contribution < 1.29 is 9.59 Å². The molecule has 0 radical (unpaired) electrons. The monoisotopic (exact) mass is 354 g/mol. The molecule has 1 aromatic carbocycles. The molecular weight excluding hydrogens is 328 g/mol. The Morgan fingerprint density at radius 3 is 2.62 bits per heavy atom. The molecule has 0 saturated carbocycles. The highest BCUT2D eigenvalue weighted by Crippen LogP contribution is 2.33. The zero-order chi connectivity index (χ0) is 18.5. The van der Waals surface area contributed by atoms with Gasteiger partial charge in [0.15, 0.2) is 0 Å². The van der Waals surface area contributed by atoms with Crippen LogP contribution in [-0.4, -0.2) is 46.0 Å². The number of nitrogens with one attached hydrogen (secondary N) is 2. The van der Waals surface area contributed by atoms with E-state index in [1.165, 1.54) is 12.5 Å². The summed E-state index contributed by atoms with van der Waals surface area (Å²) >= 11 is 0. The summed E-state index contributed by atoms with van der Waals surface area (Å²) in [6, 6.07) is 10.1. The van der Waals surface area contributed by atoms with Gasteiger partial charge >= 0.3 is 0 Å². The molecule has 1 aliphatic rings. The van der Waals surface area contributed by atoms with Crippen molar-refractivity contribution in [2.24, 2.45) is 0 Å². The highest BCUT2D eigenvalue weighted by Gasteiger charge is 2.27. The van der Waals surface area contributed by atoms with Crippen LogP contribution in [0.4, 0.5) is 0 Å². The maximum atomic E-state index is 12.4. The average molecular weight is 354 g/mol. The Hall–Kier alpha value is -2.63. The first kappa shape index (κ1) is 18.2. The van der Waals surface area contributed by atoms with Gasteiger partial charge in [-0.3, -0.25) is 14.7 Å². The van der Waals surface area contributed by atoms with Crippen LogP contribution in [0.2, 0.25) is 0 Å². The van der Waals surface area contributed by atoms with Crippen LogP contribution in [0.5, 0.6) is 0 Å². The molecule has 6 nitrogen and oxygen atoms in total. The highest BCUT2D eigenvalue weighted by atomic mass is 16.2. The van der Waals surface area contributed by atoms with Crippen molar-refractivity contribution in [3.63, 3.8) is 0 Å². The molecule has 2 heterocycles. The van der Waals surface area contributed by atoms with E-state index >= 15 is 0 Å². The molecule has 26 heavy (non-hydrogen) atoms. The number of rotatable bonds is 5. The van der Waals surface area contributed by atoms with E-state index in [-0.39, 0.29) is 17.9 Å². The molecule has 0 spiro atoms. The van der Waals surface area contributed by atoms with Crippen molar-refractivity contribution in [1.29, 1.82) is 0 Å². The molecule has 1 aromatic heterocycles. The fraction of sp³-hybridized carbons (Fsp3) is 0.450. The number of aromatic amines is 1.